The van der Waals surface area contributed by atoms with Crippen LogP contribution in [0, 0.1) is 11.8 Å². The summed E-state index contributed by atoms with van der Waals surface area (Å²) in [5, 5.41) is 12.4. The van der Waals surface area contributed by atoms with E-state index in [1.165, 1.54) is 43.6 Å². The zero-order chi connectivity index (χ0) is 13.4. The van der Waals surface area contributed by atoms with Gasteiger partial charge in [-0.3, -0.25) is 5.10 Å². The van der Waals surface area contributed by atoms with E-state index in [1.54, 1.807) is 0 Å². The largest absolute Gasteiger partial charge is 0.311 e. The van der Waals surface area contributed by atoms with Crippen LogP contribution in [-0.2, 0) is 6.54 Å². The topological polar surface area (TPSA) is 44.0 Å². The lowest BCUT2D eigenvalue weighted by atomic mass is 9.79. The summed E-state index contributed by atoms with van der Waals surface area (Å²) in [6, 6.07) is 8.31. The second kappa shape index (κ2) is 5.19. The van der Waals surface area contributed by atoms with Crippen molar-refractivity contribution >= 4 is 10.9 Å². The first-order valence-electron chi connectivity index (χ1n) is 7.75. The highest BCUT2D eigenvalue weighted by Gasteiger charge is 2.33. The minimum absolute atomic E-state index is 0.840. The van der Waals surface area contributed by atoms with Crippen LogP contribution in [0.2, 0.25) is 0 Å². The molecular formula is C16H22N4. The molecule has 3 aliphatic rings. The van der Waals surface area contributed by atoms with Crippen LogP contribution in [0.3, 0.4) is 0 Å². The molecule has 2 bridgehead atoms. The lowest BCUT2D eigenvalue weighted by Crippen LogP contribution is -2.50. The van der Waals surface area contributed by atoms with Gasteiger partial charge in [0.2, 0.25) is 0 Å². The Morgan fingerprint density at radius 3 is 2.90 bits per heavy atom. The molecule has 20 heavy (non-hydrogen) atoms. The molecule has 1 aromatic carbocycles. The summed E-state index contributed by atoms with van der Waals surface area (Å²) in [4.78, 5) is 2.62. The van der Waals surface area contributed by atoms with Crippen molar-refractivity contribution in [1.29, 1.82) is 0 Å². The van der Waals surface area contributed by atoms with E-state index in [2.05, 4.69) is 38.6 Å². The molecule has 4 heteroatoms. The molecule has 1 atom stereocenters. The quantitative estimate of drug-likeness (QED) is 0.893. The van der Waals surface area contributed by atoms with Crippen LogP contribution >= 0.6 is 0 Å². The van der Waals surface area contributed by atoms with Gasteiger partial charge in [0, 0.05) is 18.5 Å². The predicted molar refractivity (Wildman–Crippen MR) is 80.5 cm³/mol. The second-order valence-electron chi connectivity index (χ2n) is 6.25. The van der Waals surface area contributed by atoms with E-state index in [4.69, 9.17) is 0 Å². The molecule has 0 radical (unpaired) electrons. The van der Waals surface area contributed by atoms with E-state index < -0.39 is 0 Å². The summed E-state index contributed by atoms with van der Waals surface area (Å²) in [7, 11) is 0. The maximum absolute atomic E-state index is 4.35. The average Bonchev–Trinajstić information content (AvgIpc) is 2.92. The van der Waals surface area contributed by atoms with Gasteiger partial charge in [-0.15, -0.1) is 0 Å². The maximum Gasteiger partial charge on any atom is 0.0924 e. The molecule has 106 valence electrons. The molecule has 0 saturated carbocycles. The summed E-state index contributed by atoms with van der Waals surface area (Å²) in [6.07, 6.45) is 2.80. The first-order chi connectivity index (χ1) is 9.90. The molecule has 2 N–H and O–H groups in total. The predicted octanol–water partition coefficient (Wildman–Crippen LogP) is 1.99. The molecule has 0 amide bonds. The Bertz CT molecular complexity index is 583. The summed E-state index contributed by atoms with van der Waals surface area (Å²) < 4.78 is 0. The van der Waals surface area contributed by atoms with E-state index >= 15 is 0 Å². The molecule has 2 aromatic rings. The zero-order valence-electron chi connectivity index (χ0n) is 11.8. The number of fused-ring (bicyclic) bond motifs is 4. The van der Waals surface area contributed by atoms with Crippen LogP contribution < -0.4 is 5.32 Å². The van der Waals surface area contributed by atoms with Crippen molar-refractivity contribution in [3.05, 3.63) is 30.0 Å². The van der Waals surface area contributed by atoms with Gasteiger partial charge in [-0.05, 0) is 50.4 Å². The third-order valence-corrected chi connectivity index (χ3v) is 5.04. The lowest BCUT2D eigenvalue weighted by Gasteiger charge is -2.45. The van der Waals surface area contributed by atoms with E-state index in [1.807, 2.05) is 6.07 Å². The molecule has 5 rings (SSSR count). The van der Waals surface area contributed by atoms with Gasteiger partial charge < -0.3 is 10.2 Å². The molecule has 4 nitrogen and oxygen atoms in total. The monoisotopic (exact) mass is 270 g/mol. The number of nitrogens with one attached hydrogen (secondary N) is 2. The first kappa shape index (κ1) is 12.4. The number of H-pyrrole nitrogens is 1. The van der Waals surface area contributed by atoms with Crippen molar-refractivity contribution in [3.63, 3.8) is 0 Å². The van der Waals surface area contributed by atoms with Crippen molar-refractivity contribution < 1.29 is 0 Å². The molecule has 1 aromatic heterocycles. The maximum atomic E-state index is 4.35. The molecule has 3 aliphatic heterocycles. The Labute approximate surface area is 119 Å². The number of piperidine rings is 3. The second-order valence-corrected chi connectivity index (χ2v) is 6.25. The normalized spacial score (nSPS) is 29.1. The minimum atomic E-state index is 0.840. The van der Waals surface area contributed by atoms with Crippen molar-refractivity contribution in [2.45, 2.75) is 19.4 Å². The molecular weight excluding hydrogens is 248 g/mol. The molecule has 3 saturated heterocycles. The molecule has 0 unspecified atom stereocenters. The van der Waals surface area contributed by atoms with Gasteiger partial charge in [-0.2, -0.15) is 5.10 Å². The van der Waals surface area contributed by atoms with E-state index in [9.17, 15) is 0 Å². The Kier molecular flexibility index (Phi) is 3.20. The third kappa shape index (κ3) is 2.23. The number of nitrogens with zero attached hydrogens (tertiary/aromatic N) is 2. The van der Waals surface area contributed by atoms with Crippen LogP contribution in [0.25, 0.3) is 10.9 Å². The molecule has 0 spiro atoms. The third-order valence-electron chi connectivity index (χ3n) is 5.04. The van der Waals surface area contributed by atoms with Gasteiger partial charge in [0.1, 0.15) is 0 Å². The highest BCUT2D eigenvalue weighted by Crippen LogP contribution is 2.31. The number of aromatic nitrogens is 2. The van der Waals surface area contributed by atoms with Crippen LogP contribution in [0.15, 0.2) is 24.3 Å². The number of aromatic amines is 1. The Morgan fingerprint density at radius 1 is 1.25 bits per heavy atom. The van der Waals surface area contributed by atoms with Gasteiger partial charge >= 0.3 is 0 Å². The van der Waals surface area contributed by atoms with E-state index in [-0.39, 0.29) is 0 Å². The van der Waals surface area contributed by atoms with Crippen molar-refractivity contribution in [2.24, 2.45) is 11.8 Å². The van der Waals surface area contributed by atoms with E-state index in [0.29, 0.717) is 0 Å². The zero-order valence-corrected chi connectivity index (χ0v) is 11.8. The lowest BCUT2D eigenvalue weighted by molar-refractivity contribution is 0.0509. The smallest absolute Gasteiger partial charge is 0.0924 e. The van der Waals surface area contributed by atoms with Gasteiger partial charge in [-0.25, -0.2) is 0 Å². The number of rotatable bonds is 4. The first-order valence-corrected chi connectivity index (χ1v) is 7.75. The van der Waals surface area contributed by atoms with Crippen LogP contribution in [0.4, 0.5) is 0 Å². The highest BCUT2D eigenvalue weighted by molar-refractivity contribution is 5.81. The van der Waals surface area contributed by atoms with Gasteiger partial charge in [0.25, 0.3) is 0 Å². The number of para-hydroxylation sites is 1. The summed E-state index contributed by atoms with van der Waals surface area (Å²) in [5.41, 5.74) is 2.27. The molecule has 0 aliphatic carbocycles. The minimum Gasteiger partial charge on any atom is -0.311 e. The Morgan fingerprint density at radius 2 is 2.10 bits per heavy atom. The van der Waals surface area contributed by atoms with Crippen molar-refractivity contribution in [3.8, 4) is 0 Å². The van der Waals surface area contributed by atoms with Crippen LogP contribution in [-0.4, -0.2) is 41.3 Å². The van der Waals surface area contributed by atoms with Gasteiger partial charge in [-0.1, -0.05) is 18.2 Å². The summed E-state index contributed by atoms with van der Waals surface area (Å²) in [5.74, 6) is 1.79. The Balaban J connectivity index is 1.37. The summed E-state index contributed by atoms with van der Waals surface area (Å²) >= 11 is 0. The van der Waals surface area contributed by atoms with Crippen LogP contribution in [0.5, 0.6) is 0 Å². The van der Waals surface area contributed by atoms with Crippen LogP contribution in [0.1, 0.15) is 18.5 Å². The SMILES string of the molecule is c1ccc2c(CNC[C@H]3CN4CCC3CC4)[nH]nc2c1. The van der Waals surface area contributed by atoms with Gasteiger partial charge in [0.15, 0.2) is 0 Å². The standard InChI is InChI=1S/C16H22N4/c1-2-4-15-14(3-1)16(19-18-15)10-17-9-13-11-20-7-5-12(13)6-8-20/h1-4,12-13,17H,5-11H2,(H,18,19)/t13-/m0/s1. The van der Waals surface area contributed by atoms with E-state index in [0.717, 1.165) is 30.4 Å². The fourth-order valence-corrected chi connectivity index (χ4v) is 3.85. The number of hydrogen-bond acceptors (Lipinski definition) is 3. The Hall–Kier alpha value is -1.39. The molecule has 3 fully saturated rings. The summed E-state index contributed by atoms with van der Waals surface area (Å²) in [6.45, 7) is 5.97. The van der Waals surface area contributed by atoms with Crippen molar-refractivity contribution in [1.82, 2.24) is 20.4 Å². The number of hydrogen-bond donors (Lipinski definition) is 2. The fourth-order valence-electron chi connectivity index (χ4n) is 3.85. The fraction of sp³-hybridized carbons (Fsp3) is 0.562. The highest BCUT2D eigenvalue weighted by atomic mass is 15.2. The molecule has 4 heterocycles. The number of benzene rings is 1. The van der Waals surface area contributed by atoms with Gasteiger partial charge in [0.05, 0.1) is 11.2 Å². The average molecular weight is 270 g/mol. The van der Waals surface area contributed by atoms with Crippen molar-refractivity contribution in [2.75, 3.05) is 26.2 Å².